The van der Waals surface area contributed by atoms with Crippen molar-refractivity contribution in [2.24, 2.45) is 22.7 Å². The number of amides is 8. The normalized spacial score (nSPS) is 17.4. The van der Waals surface area contributed by atoms with Gasteiger partial charge in [0.05, 0.1) is 88.5 Å². The van der Waals surface area contributed by atoms with E-state index in [0.29, 0.717) is 88.5 Å². The lowest BCUT2D eigenvalue weighted by molar-refractivity contribution is -0.144. The van der Waals surface area contributed by atoms with Crippen LogP contribution < -0.4 is 50.3 Å². The number of rotatable bonds is 33. The van der Waals surface area contributed by atoms with Crippen molar-refractivity contribution in [2.45, 2.75) is 178 Å². The number of benzene rings is 8. The number of ether oxygens (including phenoxy) is 5. The van der Waals surface area contributed by atoms with Gasteiger partial charge in [-0.15, -0.1) is 22.7 Å². The highest BCUT2D eigenvalue weighted by molar-refractivity contribution is 7.81. The molecule has 10 aromatic rings. The second-order valence-corrected chi connectivity index (χ2v) is 41.2. The summed E-state index contributed by atoms with van der Waals surface area (Å²) in [5.74, 6) is -1.45. The molecule has 0 bridgehead atoms. The van der Waals surface area contributed by atoms with Crippen molar-refractivity contribution in [1.82, 2.24) is 41.0 Å². The molecule has 4 N–H and O–H groups in total. The SMILES string of the molecule is Cc1cc(N2C(=O)C(C)(C)N(c3ccc(-c4ccc(OCCOCC(=O)N[C@H](C(=O)N5C[C@H](C)C[C@H]5C(=O)NCc5ccc(-c6scnc6C)cc5)C(C)(C)C)cc4)cc3)C2=S)ccc1C#N.[C-]#[N+]c1ccc(N2C(=O)C(C)(C)N(c3ccc(-c4ccc(OCCOCCOCC(=O)N[C@H](C(=O)N5C[C@H](C)C[C@H]5C(=O)N[C@@H](C)c5ccc(-c6scnc6C)cc5)C(C)(C)C)cc4)c(F)c3)C2=S)cc1C. The largest absolute Gasteiger partial charge is 0.491 e. The first-order chi connectivity index (χ1) is 66.1. The van der Waals surface area contributed by atoms with E-state index in [4.69, 9.17) is 54.7 Å². The van der Waals surface area contributed by atoms with Crippen molar-refractivity contribution in [1.29, 1.82) is 5.26 Å². The summed E-state index contributed by atoms with van der Waals surface area (Å²) in [4.78, 5) is 133. The Labute approximate surface area is 830 Å². The third kappa shape index (κ3) is 24.1. The van der Waals surface area contributed by atoms with E-state index in [0.717, 1.165) is 71.3 Å². The van der Waals surface area contributed by atoms with Gasteiger partial charge in [-0.3, -0.25) is 48.2 Å². The molecule has 139 heavy (non-hydrogen) atoms. The molecule has 2 aromatic heterocycles. The summed E-state index contributed by atoms with van der Waals surface area (Å²) in [6, 6.07) is 52.5. The van der Waals surface area contributed by atoms with Crippen molar-refractivity contribution in [2.75, 3.05) is 85.5 Å². The number of likely N-dealkylation sites (tertiary alicyclic amines) is 2. The lowest BCUT2D eigenvalue weighted by atomic mass is 9.85. The summed E-state index contributed by atoms with van der Waals surface area (Å²) in [7, 11) is 0. The molecule has 6 heterocycles. The molecule has 8 amide bonds. The fourth-order valence-electron chi connectivity index (χ4n) is 17.5. The number of aryl methyl sites for hydroxylation is 4. The van der Waals surface area contributed by atoms with Gasteiger partial charge in [0.25, 0.3) is 11.8 Å². The number of nitriles is 1. The maximum atomic E-state index is 15.8. The molecule has 4 aliphatic rings. The molecule has 726 valence electrons. The number of carbonyl (C=O) groups is 8. The quantitative estimate of drug-likeness (QED) is 0.0169. The molecule has 0 spiro atoms. The first kappa shape index (κ1) is 103. The zero-order chi connectivity index (χ0) is 100. The van der Waals surface area contributed by atoms with Gasteiger partial charge >= 0.3 is 0 Å². The van der Waals surface area contributed by atoms with E-state index in [9.17, 15) is 43.6 Å². The molecule has 4 saturated heterocycles. The fraction of sp³-hybridized carbons (Fsp3) is 0.383. The van der Waals surface area contributed by atoms with E-state index < -0.39 is 63.7 Å². The van der Waals surface area contributed by atoms with Gasteiger partial charge in [0, 0.05) is 42.3 Å². The van der Waals surface area contributed by atoms with Gasteiger partial charge in [0.2, 0.25) is 35.4 Å². The van der Waals surface area contributed by atoms with Crippen LogP contribution in [0.1, 0.15) is 148 Å². The zero-order valence-corrected chi connectivity index (χ0v) is 84.7. The van der Waals surface area contributed by atoms with E-state index in [1.165, 1.54) is 15.9 Å². The first-order valence-electron chi connectivity index (χ1n) is 46.3. The minimum Gasteiger partial charge on any atom is -0.491 e. The van der Waals surface area contributed by atoms with Crippen LogP contribution in [0.3, 0.4) is 0 Å². The van der Waals surface area contributed by atoms with Crippen molar-refractivity contribution in [3.05, 3.63) is 243 Å². The monoisotopic (exact) mass is 1950 g/mol. The number of aromatic nitrogens is 2. The Morgan fingerprint density at radius 1 is 0.540 bits per heavy atom. The van der Waals surface area contributed by atoms with Gasteiger partial charge in [0.15, 0.2) is 15.9 Å². The summed E-state index contributed by atoms with van der Waals surface area (Å²) in [5, 5.41) is 21.9. The summed E-state index contributed by atoms with van der Waals surface area (Å²) < 4.78 is 44.5. The minimum atomic E-state index is -1.10. The molecule has 0 radical (unpaired) electrons. The minimum absolute atomic E-state index is 0.0979. The van der Waals surface area contributed by atoms with Crippen LogP contribution in [0.15, 0.2) is 187 Å². The van der Waals surface area contributed by atoms with E-state index in [1.807, 2.05) is 216 Å². The van der Waals surface area contributed by atoms with Crippen LogP contribution in [-0.2, 0) is 59.1 Å². The predicted molar refractivity (Wildman–Crippen MR) is 548 cm³/mol. The topological polar surface area (TPSA) is 304 Å². The van der Waals surface area contributed by atoms with Crippen molar-refractivity contribution in [3.8, 4) is 60.7 Å². The third-order valence-electron chi connectivity index (χ3n) is 25.2. The fourth-order valence-corrected chi connectivity index (χ4v) is 20.2. The van der Waals surface area contributed by atoms with Gasteiger partial charge < -0.3 is 64.6 Å². The molecule has 4 fully saturated rings. The van der Waals surface area contributed by atoms with Gasteiger partial charge in [-0.05, 0) is 257 Å². The van der Waals surface area contributed by atoms with Crippen LogP contribution in [0, 0.1) is 74.1 Å². The van der Waals surface area contributed by atoms with Gasteiger partial charge in [-0.25, -0.2) is 19.2 Å². The van der Waals surface area contributed by atoms with Crippen LogP contribution >= 0.6 is 47.1 Å². The molecular weight excluding hydrogens is 1840 g/mol. The highest BCUT2D eigenvalue weighted by Gasteiger charge is 2.53. The number of nitrogens with zero attached hydrogens (tertiary/aromatic N) is 10. The second-order valence-electron chi connectivity index (χ2n) is 38.7. The summed E-state index contributed by atoms with van der Waals surface area (Å²) in [5.41, 5.74) is 14.2. The Hall–Kier alpha value is -13.1. The van der Waals surface area contributed by atoms with Gasteiger partial charge in [-0.2, -0.15) is 5.26 Å². The zero-order valence-electron chi connectivity index (χ0n) is 81.4. The molecule has 4 aliphatic heterocycles. The second kappa shape index (κ2) is 44.4. The van der Waals surface area contributed by atoms with Crippen LogP contribution in [0.2, 0.25) is 0 Å². The number of thiocarbonyl (C=S) groups is 2. The van der Waals surface area contributed by atoms with Crippen LogP contribution in [0.5, 0.6) is 11.5 Å². The molecule has 14 rings (SSSR count). The van der Waals surface area contributed by atoms with Crippen molar-refractivity contribution >= 4 is 133 Å². The van der Waals surface area contributed by atoms with E-state index in [-0.39, 0.29) is 111 Å². The number of nitrogens with one attached hydrogen (secondary N) is 4. The maximum absolute atomic E-state index is 15.8. The number of thiazole rings is 2. The van der Waals surface area contributed by atoms with Crippen LogP contribution in [-0.4, -0.2) is 178 Å². The lowest BCUT2D eigenvalue weighted by Crippen LogP contribution is -2.58. The molecule has 0 unspecified atom stereocenters. The highest BCUT2D eigenvalue weighted by atomic mass is 32.1. The molecule has 0 saturated carbocycles. The molecule has 27 nitrogen and oxygen atoms in total. The molecule has 7 atom stereocenters. The molecule has 8 aromatic carbocycles. The average Bonchev–Trinajstić information content (AvgIpc) is 1.58. The van der Waals surface area contributed by atoms with Crippen molar-refractivity contribution in [3.63, 3.8) is 0 Å². The van der Waals surface area contributed by atoms with E-state index in [2.05, 4.69) is 42.1 Å². The Balaban J connectivity index is 0.000000235. The van der Waals surface area contributed by atoms with E-state index in [1.54, 1.807) is 125 Å². The summed E-state index contributed by atoms with van der Waals surface area (Å²) >= 11 is 14.8. The van der Waals surface area contributed by atoms with Crippen molar-refractivity contribution < 1.29 is 66.4 Å². The maximum Gasteiger partial charge on any atom is 0.259 e. The van der Waals surface area contributed by atoms with Gasteiger partial charge in [0.1, 0.15) is 79.0 Å². The number of carbonyl (C=O) groups excluding carboxylic acids is 8. The van der Waals surface area contributed by atoms with Crippen LogP contribution in [0.25, 0.3) is 48.0 Å². The molecular formula is C107H119FN14O13S4. The predicted octanol–water partition coefficient (Wildman–Crippen LogP) is 18.1. The Morgan fingerprint density at radius 3 is 1.42 bits per heavy atom. The molecule has 0 aliphatic carbocycles. The number of halogens is 1. The van der Waals surface area contributed by atoms with E-state index >= 15 is 4.39 Å². The van der Waals surface area contributed by atoms with Crippen LogP contribution in [0.4, 0.5) is 32.8 Å². The molecule has 32 heteroatoms. The Bertz CT molecular complexity index is 6300. The number of hydrogen-bond donors (Lipinski definition) is 4. The standard InChI is InChI=1S/C55H62FN7O7S2.C52H57N7O6S2/c1-33-27-46(50(65)59-35(3)37-11-13-39(14-12-37)48-36(4)58-32-72-48)61(30-33)51(66)49(54(5,6)7)60-47(64)31-69-24-23-68-25-26-70-42-19-15-38(16-20-42)43-21-17-41(29-44(43)56)63-53(71)62(52(67)55(63,8)9)40-18-22-45(57-10)34(2)28-40;1-32-25-43(47(61)54-28-35-9-11-38(12-10-35)45-34(3)55-31-67-45)57(29-32)48(62)46(51(4,5)6)56-44(60)30-64-23-24-65-42-21-16-37(17-22-42)36-13-18-40(19-14-36)59-50(66)58(49(63)52(59,7)8)41-20-15-39(27-53)33(2)26-41/h11-22,28-29,32-33,35,46,49H,23-27,30-31H2,1-9H3,(H,59,65)(H,60,64);9-22,26,31-32,43,46H,23-25,28-30H2,1-8H3,(H,54,61)(H,56,60)/t33-,35+,46+,49-;32-,43+,46-/m11/s1. The number of anilines is 4. The van der Waals surface area contributed by atoms with Gasteiger partial charge in [-0.1, -0.05) is 146 Å². The lowest BCUT2D eigenvalue weighted by Gasteiger charge is -2.35. The Kier molecular flexibility index (Phi) is 33.0. The smallest absolute Gasteiger partial charge is 0.259 e. The summed E-state index contributed by atoms with van der Waals surface area (Å²) in [6.45, 7) is 41.1. The average molecular weight is 1960 g/mol. The first-order valence-corrected chi connectivity index (χ1v) is 48.9. The summed E-state index contributed by atoms with van der Waals surface area (Å²) in [6.07, 6.45) is 1.05. The third-order valence-corrected chi connectivity index (χ3v) is 27.9. The number of hydrogen-bond acceptors (Lipinski definition) is 20. The Morgan fingerprint density at radius 2 is 0.964 bits per heavy atom. The highest BCUT2D eigenvalue weighted by Crippen LogP contribution is 2.43.